The second-order valence-corrected chi connectivity index (χ2v) is 25.0. The van der Waals surface area contributed by atoms with Crippen molar-refractivity contribution in [3.8, 4) is 95.7 Å². The SMILES string of the molecule is c1ccc(-c2ccc3c(c2)c2cc(-c4ccccc4)ccc2n3-c2nc(-c3ccc4c(c3)C3(c5ccccc5-4)c4ccccc4-c4ccc(-n5c6ccccc6c6ccccc65)cc43)nc(-n3c4ccc(-c5ccccc5)cc4c4cc(-c5ccccc5)ccc43)n2)cc1. The van der Waals surface area contributed by atoms with Gasteiger partial charge in [0.2, 0.25) is 11.9 Å². The maximum absolute atomic E-state index is 5.79. The van der Waals surface area contributed by atoms with Gasteiger partial charge < -0.3 is 4.57 Å². The molecule has 0 bridgehead atoms. The van der Waals surface area contributed by atoms with Crippen LogP contribution in [0, 0.1) is 0 Å². The molecule has 6 heteroatoms. The molecule has 6 nitrogen and oxygen atoms in total. The van der Waals surface area contributed by atoms with Crippen LogP contribution in [0.2, 0.25) is 0 Å². The van der Waals surface area contributed by atoms with E-state index in [1.54, 1.807) is 0 Å². The van der Waals surface area contributed by atoms with Crippen LogP contribution in [0.25, 0.3) is 161 Å². The van der Waals surface area contributed by atoms with E-state index in [9.17, 15) is 0 Å². The first kappa shape index (κ1) is 52.3. The third kappa shape index (κ3) is 7.62. The van der Waals surface area contributed by atoms with Crippen LogP contribution in [0.4, 0.5) is 0 Å². The molecule has 2 aliphatic carbocycles. The van der Waals surface area contributed by atoms with Gasteiger partial charge in [0.05, 0.1) is 38.5 Å². The van der Waals surface area contributed by atoms with Gasteiger partial charge in [-0.25, -0.2) is 0 Å². The van der Waals surface area contributed by atoms with Crippen LogP contribution >= 0.6 is 0 Å². The summed E-state index contributed by atoms with van der Waals surface area (Å²) in [5.41, 5.74) is 26.6. The Morgan fingerprint density at radius 2 is 0.532 bits per heavy atom. The van der Waals surface area contributed by atoms with Crippen LogP contribution in [0.1, 0.15) is 22.3 Å². The molecule has 14 aromatic carbocycles. The first-order chi connectivity index (χ1) is 46.6. The molecule has 436 valence electrons. The summed E-state index contributed by atoms with van der Waals surface area (Å²) in [6, 6.07) is 120. The fourth-order valence-corrected chi connectivity index (χ4v) is 16.0. The van der Waals surface area contributed by atoms with Crippen LogP contribution in [-0.2, 0) is 5.41 Å². The first-order valence-corrected chi connectivity index (χ1v) is 32.2. The fraction of sp³-hybridized carbons (Fsp3) is 0.0114. The van der Waals surface area contributed by atoms with Gasteiger partial charge in [0, 0.05) is 43.6 Å². The molecule has 0 saturated carbocycles. The Kier molecular flexibility index (Phi) is 11.3. The van der Waals surface area contributed by atoms with Crippen molar-refractivity contribution < 1.29 is 0 Å². The van der Waals surface area contributed by atoms with Crippen molar-refractivity contribution in [3.63, 3.8) is 0 Å². The second kappa shape index (κ2) is 20.2. The molecule has 20 rings (SSSR count). The van der Waals surface area contributed by atoms with Crippen molar-refractivity contribution in [2.75, 3.05) is 0 Å². The molecule has 18 aromatic rings. The van der Waals surface area contributed by atoms with Crippen molar-refractivity contribution in [3.05, 3.63) is 350 Å². The highest BCUT2D eigenvalue weighted by Crippen LogP contribution is 2.63. The van der Waals surface area contributed by atoms with Crippen LogP contribution in [0.15, 0.2) is 328 Å². The van der Waals surface area contributed by atoms with E-state index in [0.717, 1.165) is 99.4 Å². The molecule has 0 fully saturated rings. The summed E-state index contributed by atoms with van der Waals surface area (Å²) >= 11 is 0. The summed E-state index contributed by atoms with van der Waals surface area (Å²) in [6.45, 7) is 0. The smallest absolute Gasteiger partial charge is 0.240 e. The van der Waals surface area contributed by atoms with Crippen LogP contribution in [0.3, 0.4) is 0 Å². The Hall–Kier alpha value is -12.5. The molecule has 4 aromatic heterocycles. The van der Waals surface area contributed by atoms with E-state index in [2.05, 4.69) is 341 Å². The summed E-state index contributed by atoms with van der Waals surface area (Å²) < 4.78 is 6.98. The molecule has 94 heavy (non-hydrogen) atoms. The molecule has 0 saturated heterocycles. The zero-order chi connectivity index (χ0) is 61.6. The zero-order valence-corrected chi connectivity index (χ0v) is 50.9. The van der Waals surface area contributed by atoms with Crippen molar-refractivity contribution >= 4 is 65.4 Å². The molecule has 1 atom stereocenters. The van der Waals surface area contributed by atoms with E-state index < -0.39 is 5.41 Å². The zero-order valence-electron chi connectivity index (χ0n) is 50.9. The topological polar surface area (TPSA) is 53.5 Å². The number of benzene rings is 14. The number of hydrogen-bond acceptors (Lipinski definition) is 3. The van der Waals surface area contributed by atoms with Crippen molar-refractivity contribution in [2.45, 2.75) is 5.41 Å². The maximum atomic E-state index is 5.79. The van der Waals surface area contributed by atoms with E-state index in [-0.39, 0.29) is 0 Å². The number of aromatic nitrogens is 6. The minimum atomic E-state index is -0.694. The first-order valence-electron chi connectivity index (χ1n) is 32.2. The molecular formula is C88H54N6. The quantitative estimate of drug-likeness (QED) is 0.152. The van der Waals surface area contributed by atoms with Gasteiger partial charge in [-0.2, -0.15) is 15.0 Å². The lowest BCUT2D eigenvalue weighted by Gasteiger charge is -2.31. The molecule has 0 aliphatic heterocycles. The predicted octanol–water partition coefficient (Wildman–Crippen LogP) is 21.8. The average Bonchev–Trinajstić information content (AvgIpc) is 1.51. The fourth-order valence-electron chi connectivity index (χ4n) is 16.0. The molecule has 0 radical (unpaired) electrons. The van der Waals surface area contributed by atoms with E-state index >= 15 is 0 Å². The molecule has 1 unspecified atom stereocenters. The highest BCUT2D eigenvalue weighted by molar-refractivity contribution is 6.14. The number of nitrogens with zero attached hydrogens (tertiary/aromatic N) is 6. The van der Waals surface area contributed by atoms with Crippen molar-refractivity contribution in [2.24, 2.45) is 0 Å². The van der Waals surface area contributed by atoms with Gasteiger partial charge in [0.1, 0.15) is 0 Å². The van der Waals surface area contributed by atoms with E-state index in [4.69, 9.17) is 15.0 Å². The lowest BCUT2D eigenvalue weighted by Crippen LogP contribution is -2.26. The largest absolute Gasteiger partial charge is 0.309 e. The Balaban J connectivity index is 0.864. The summed E-state index contributed by atoms with van der Waals surface area (Å²) in [5, 5.41) is 6.89. The third-order valence-corrected chi connectivity index (χ3v) is 20.1. The second-order valence-electron chi connectivity index (χ2n) is 25.0. The van der Waals surface area contributed by atoms with Gasteiger partial charge in [0.25, 0.3) is 0 Å². The summed E-state index contributed by atoms with van der Waals surface area (Å²) in [6.07, 6.45) is 0. The molecule has 4 heterocycles. The Morgan fingerprint density at radius 1 is 0.202 bits per heavy atom. The number of fused-ring (bicyclic) bond motifs is 19. The Morgan fingerprint density at radius 3 is 0.957 bits per heavy atom. The third-order valence-electron chi connectivity index (χ3n) is 20.1. The average molecular weight is 1200 g/mol. The van der Waals surface area contributed by atoms with Crippen LogP contribution in [-0.4, -0.2) is 28.7 Å². The van der Waals surface area contributed by atoms with Gasteiger partial charge in [-0.3, -0.25) is 9.13 Å². The Bertz CT molecular complexity index is 5680. The van der Waals surface area contributed by atoms with Crippen LogP contribution in [0.5, 0.6) is 0 Å². The normalized spacial score (nSPS) is 13.8. The minimum absolute atomic E-state index is 0.516. The highest BCUT2D eigenvalue weighted by atomic mass is 15.3. The lowest BCUT2D eigenvalue weighted by atomic mass is 9.70. The summed E-state index contributed by atoms with van der Waals surface area (Å²) in [5.74, 6) is 1.60. The molecule has 0 amide bonds. The lowest BCUT2D eigenvalue weighted by molar-refractivity contribution is 0.792. The van der Waals surface area contributed by atoms with Crippen molar-refractivity contribution in [1.29, 1.82) is 0 Å². The highest BCUT2D eigenvalue weighted by Gasteiger charge is 2.52. The predicted molar refractivity (Wildman–Crippen MR) is 386 cm³/mol. The maximum Gasteiger partial charge on any atom is 0.240 e. The van der Waals surface area contributed by atoms with E-state index in [1.807, 2.05) is 0 Å². The number of rotatable bonds is 8. The standard InChI is InChI=1S/C88H54N6/c1-5-21-55(22-6-1)59-38-45-81-71(49-59)72-50-60(56-23-7-2-8-24-56)39-46-82(72)93(81)86-89-85(90-87(91-86)94-83-47-40-61(57-25-9-3-10-26-57)51-73(83)74-52-62(41-48-84(74)94)58-27-11-4-12-28-58)63-37-43-67-65-29-13-17-33-75(65)88(77(67)53-63)76-34-18-14-30-66(76)68-44-42-64(54-78(68)88)92-79-35-19-15-31-69(79)70-32-16-20-36-80(70)92/h1-54H. The molecular weight excluding hydrogens is 1140 g/mol. The molecule has 2 aliphatic rings. The van der Waals surface area contributed by atoms with Gasteiger partial charge >= 0.3 is 0 Å². The molecule has 1 spiro atoms. The monoisotopic (exact) mass is 1190 g/mol. The van der Waals surface area contributed by atoms with E-state index in [0.29, 0.717) is 17.7 Å². The number of hydrogen-bond donors (Lipinski definition) is 0. The van der Waals surface area contributed by atoms with Gasteiger partial charge in [0.15, 0.2) is 5.82 Å². The summed E-state index contributed by atoms with van der Waals surface area (Å²) in [4.78, 5) is 17.4. The van der Waals surface area contributed by atoms with Crippen LogP contribution < -0.4 is 0 Å². The van der Waals surface area contributed by atoms with E-state index in [1.165, 1.54) is 66.3 Å². The van der Waals surface area contributed by atoms with Gasteiger partial charge in [-0.05, 0) is 168 Å². The van der Waals surface area contributed by atoms with Crippen molar-refractivity contribution in [1.82, 2.24) is 28.7 Å². The Labute approximate surface area is 541 Å². The summed E-state index contributed by atoms with van der Waals surface area (Å²) in [7, 11) is 0. The molecule has 0 N–H and O–H groups in total. The number of para-hydroxylation sites is 2. The van der Waals surface area contributed by atoms with Gasteiger partial charge in [-0.1, -0.05) is 249 Å². The van der Waals surface area contributed by atoms with Gasteiger partial charge in [-0.15, -0.1) is 0 Å². The minimum Gasteiger partial charge on any atom is -0.309 e.